The Kier molecular flexibility index (Phi) is 3.17. The van der Waals surface area contributed by atoms with Crippen LogP contribution in [0.5, 0.6) is 0 Å². The van der Waals surface area contributed by atoms with Gasteiger partial charge in [0.25, 0.3) is 0 Å². The highest BCUT2D eigenvalue weighted by Crippen LogP contribution is 2.27. The molecule has 1 saturated heterocycles. The topological polar surface area (TPSA) is 27.1 Å². The van der Waals surface area contributed by atoms with Gasteiger partial charge in [-0.3, -0.25) is 5.41 Å². The maximum Gasteiger partial charge on any atom is 0.100 e. The van der Waals surface area contributed by atoms with Gasteiger partial charge in [-0.25, -0.2) is 0 Å². The van der Waals surface area contributed by atoms with Gasteiger partial charge in [0.05, 0.1) is 0 Å². The number of piperidine rings is 1. The molecule has 2 nitrogen and oxygen atoms in total. The van der Waals surface area contributed by atoms with E-state index in [4.69, 9.17) is 28.6 Å². The number of rotatable bonds is 1. The molecule has 4 heteroatoms. The summed E-state index contributed by atoms with van der Waals surface area (Å²) < 4.78 is 0. The van der Waals surface area contributed by atoms with E-state index in [9.17, 15) is 0 Å². The maximum atomic E-state index is 7.86. The number of hydrogen-bond donors (Lipinski definition) is 1. The van der Waals surface area contributed by atoms with Crippen LogP contribution in [0.3, 0.4) is 0 Å². The van der Waals surface area contributed by atoms with Gasteiger partial charge in [0.15, 0.2) is 0 Å². The molecular formula is C11H12Cl2N2. The number of hydrogen-bond acceptors (Lipinski definition) is 1. The average molecular weight is 243 g/mol. The SMILES string of the molecule is N=C1CCCCN1c1cc(Cl)cc(Cl)c1. The van der Waals surface area contributed by atoms with E-state index in [2.05, 4.69) is 0 Å². The van der Waals surface area contributed by atoms with Gasteiger partial charge in [-0.1, -0.05) is 23.2 Å². The van der Waals surface area contributed by atoms with E-state index in [0.717, 1.165) is 31.5 Å². The van der Waals surface area contributed by atoms with Crippen LogP contribution in [0.15, 0.2) is 18.2 Å². The average Bonchev–Trinajstić information content (AvgIpc) is 2.16. The second-order valence-corrected chi connectivity index (χ2v) is 4.56. The Bertz CT molecular complexity index is 370. The second-order valence-electron chi connectivity index (χ2n) is 3.68. The van der Waals surface area contributed by atoms with Crippen LogP contribution >= 0.6 is 23.2 Å². The highest BCUT2D eigenvalue weighted by atomic mass is 35.5. The Morgan fingerprint density at radius 3 is 2.33 bits per heavy atom. The number of amidine groups is 1. The smallest absolute Gasteiger partial charge is 0.100 e. The third kappa shape index (κ3) is 2.44. The Morgan fingerprint density at radius 2 is 1.73 bits per heavy atom. The molecule has 0 atom stereocenters. The summed E-state index contributed by atoms with van der Waals surface area (Å²) in [6, 6.07) is 5.42. The van der Waals surface area contributed by atoms with Crippen LogP contribution in [-0.2, 0) is 0 Å². The first-order chi connectivity index (χ1) is 7.16. The predicted octanol–water partition coefficient (Wildman–Crippen LogP) is 3.96. The van der Waals surface area contributed by atoms with E-state index in [-0.39, 0.29) is 0 Å². The Hall–Kier alpha value is -0.730. The normalized spacial score (nSPS) is 16.9. The van der Waals surface area contributed by atoms with Crippen molar-refractivity contribution in [3.05, 3.63) is 28.2 Å². The lowest BCUT2D eigenvalue weighted by Gasteiger charge is -2.29. The van der Waals surface area contributed by atoms with Gasteiger partial charge >= 0.3 is 0 Å². The van der Waals surface area contributed by atoms with E-state index in [1.54, 1.807) is 6.07 Å². The molecule has 1 heterocycles. The van der Waals surface area contributed by atoms with Crippen LogP contribution < -0.4 is 4.90 Å². The van der Waals surface area contributed by atoms with Crippen molar-refractivity contribution in [2.45, 2.75) is 19.3 Å². The lowest BCUT2D eigenvalue weighted by atomic mass is 10.1. The van der Waals surface area contributed by atoms with Crippen LogP contribution in [0.2, 0.25) is 10.0 Å². The van der Waals surface area contributed by atoms with Crippen molar-refractivity contribution in [2.75, 3.05) is 11.4 Å². The summed E-state index contributed by atoms with van der Waals surface area (Å²) in [6.45, 7) is 0.884. The summed E-state index contributed by atoms with van der Waals surface area (Å²) in [7, 11) is 0. The van der Waals surface area contributed by atoms with Crippen LogP contribution in [0.4, 0.5) is 5.69 Å². The van der Waals surface area contributed by atoms with Gasteiger partial charge in [0.1, 0.15) is 5.84 Å². The summed E-state index contributed by atoms with van der Waals surface area (Å²) in [5.41, 5.74) is 0.928. The van der Waals surface area contributed by atoms with Gasteiger partial charge in [0.2, 0.25) is 0 Å². The number of anilines is 1. The third-order valence-electron chi connectivity index (χ3n) is 2.53. The van der Waals surface area contributed by atoms with Crippen LogP contribution in [0.25, 0.3) is 0 Å². The molecule has 2 rings (SSSR count). The molecule has 0 aliphatic carbocycles. The summed E-state index contributed by atoms with van der Waals surface area (Å²) in [5.74, 6) is 0.652. The van der Waals surface area contributed by atoms with Gasteiger partial charge in [-0.15, -0.1) is 0 Å². The summed E-state index contributed by atoms with van der Waals surface area (Å²) in [5, 5.41) is 9.11. The van der Waals surface area contributed by atoms with Gasteiger partial charge < -0.3 is 4.90 Å². The fourth-order valence-electron chi connectivity index (χ4n) is 1.81. The third-order valence-corrected chi connectivity index (χ3v) is 2.97. The minimum atomic E-state index is 0.621. The molecule has 0 bridgehead atoms. The van der Waals surface area contributed by atoms with Crippen molar-refractivity contribution < 1.29 is 0 Å². The molecule has 0 radical (unpaired) electrons. The Morgan fingerprint density at radius 1 is 1.07 bits per heavy atom. The lowest BCUT2D eigenvalue weighted by molar-refractivity contribution is 0.707. The minimum Gasteiger partial charge on any atom is -0.330 e. The van der Waals surface area contributed by atoms with E-state index in [0.29, 0.717) is 15.9 Å². The Balaban J connectivity index is 2.31. The first kappa shape index (κ1) is 10.8. The minimum absolute atomic E-state index is 0.621. The Labute approximate surface area is 99.3 Å². The molecule has 0 amide bonds. The molecular weight excluding hydrogens is 231 g/mol. The number of benzene rings is 1. The molecule has 0 aromatic heterocycles. The van der Waals surface area contributed by atoms with E-state index < -0.39 is 0 Å². The van der Waals surface area contributed by atoms with E-state index in [1.165, 1.54) is 0 Å². The molecule has 1 N–H and O–H groups in total. The zero-order chi connectivity index (χ0) is 10.8. The first-order valence-electron chi connectivity index (χ1n) is 4.98. The molecule has 1 aliphatic heterocycles. The standard InChI is InChI=1S/C11H12Cl2N2/c12-8-5-9(13)7-10(6-8)15-4-2-1-3-11(15)14/h5-7,14H,1-4H2. The summed E-state index contributed by atoms with van der Waals surface area (Å²) >= 11 is 11.9. The van der Waals surface area contributed by atoms with Crippen molar-refractivity contribution in [1.82, 2.24) is 0 Å². The van der Waals surface area contributed by atoms with Crippen molar-refractivity contribution in [3.8, 4) is 0 Å². The van der Waals surface area contributed by atoms with Crippen LogP contribution in [0, 0.1) is 5.41 Å². The van der Waals surface area contributed by atoms with Crippen molar-refractivity contribution in [2.24, 2.45) is 0 Å². The molecule has 1 aromatic rings. The summed E-state index contributed by atoms with van der Waals surface area (Å²) in [6.07, 6.45) is 3.06. The fourth-order valence-corrected chi connectivity index (χ4v) is 2.33. The van der Waals surface area contributed by atoms with Crippen molar-refractivity contribution >= 4 is 34.7 Å². The van der Waals surface area contributed by atoms with Gasteiger partial charge in [-0.05, 0) is 31.0 Å². The first-order valence-corrected chi connectivity index (χ1v) is 5.73. The molecule has 0 unspecified atom stereocenters. The number of nitrogens with zero attached hydrogens (tertiary/aromatic N) is 1. The molecule has 0 saturated carbocycles. The molecule has 0 spiro atoms. The van der Waals surface area contributed by atoms with Crippen molar-refractivity contribution in [1.29, 1.82) is 5.41 Å². The van der Waals surface area contributed by atoms with E-state index in [1.807, 2.05) is 17.0 Å². The van der Waals surface area contributed by atoms with Gasteiger partial charge in [-0.2, -0.15) is 0 Å². The van der Waals surface area contributed by atoms with E-state index >= 15 is 0 Å². The zero-order valence-corrected chi connectivity index (χ0v) is 9.78. The van der Waals surface area contributed by atoms with Crippen LogP contribution in [0.1, 0.15) is 19.3 Å². The largest absolute Gasteiger partial charge is 0.330 e. The number of nitrogens with one attached hydrogen (secondary N) is 1. The molecule has 1 aromatic carbocycles. The van der Waals surface area contributed by atoms with Gasteiger partial charge in [0, 0.05) is 28.7 Å². The zero-order valence-electron chi connectivity index (χ0n) is 8.26. The van der Waals surface area contributed by atoms with Crippen molar-refractivity contribution in [3.63, 3.8) is 0 Å². The molecule has 1 fully saturated rings. The quantitative estimate of drug-likeness (QED) is 0.794. The maximum absolute atomic E-state index is 7.86. The molecule has 15 heavy (non-hydrogen) atoms. The van der Waals surface area contributed by atoms with Crippen LogP contribution in [-0.4, -0.2) is 12.4 Å². The predicted molar refractivity (Wildman–Crippen MR) is 65.4 cm³/mol. The highest BCUT2D eigenvalue weighted by molar-refractivity contribution is 6.35. The highest BCUT2D eigenvalue weighted by Gasteiger charge is 2.17. The fraction of sp³-hybridized carbons (Fsp3) is 0.364. The molecule has 80 valence electrons. The number of halogens is 2. The summed E-state index contributed by atoms with van der Waals surface area (Å²) in [4.78, 5) is 1.97. The molecule has 1 aliphatic rings. The monoisotopic (exact) mass is 242 g/mol. The lowest BCUT2D eigenvalue weighted by Crippen LogP contribution is -2.34. The second kappa shape index (κ2) is 4.42.